The van der Waals surface area contributed by atoms with Gasteiger partial charge in [-0.1, -0.05) is 38.0 Å². The highest BCUT2D eigenvalue weighted by molar-refractivity contribution is 8.00. The van der Waals surface area contributed by atoms with Crippen LogP contribution in [0.3, 0.4) is 0 Å². The molecule has 1 aromatic heterocycles. The molecule has 2 saturated heterocycles. The minimum atomic E-state index is 0.000931. The fourth-order valence-electron chi connectivity index (χ4n) is 5.35. The molecule has 0 bridgehead atoms. The van der Waals surface area contributed by atoms with Crippen LogP contribution < -0.4 is 14.9 Å². The predicted octanol–water partition coefficient (Wildman–Crippen LogP) is 5.60. The number of hydrogen-bond donors (Lipinski definition) is 2. The first-order valence-corrected chi connectivity index (χ1v) is 16.9. The number of likely N-dealkylation sites (N-methyl/N-ethyl adjacent to an activating group) is 2. The molecule has 3 heterocycles. The maximum absolute atomic E-state index is 12.7. The van der Waals surface area contributed by atoms with Crippen molar-refractivity contribution in [3.8, 4) is 11.3 Å². The minimum absolute atomic E-state index is 0.000931. The Morgan fingerprint density at radius 2 is 1.64 bits per heavy atom. The first-order chi connectivity index (χ1) is 20.5. The number of anilines is 3. The number of amides is 1. The fourth-order valence-corrected chi connectivity index (χ4v) is 6.75. The van der Waals surface area contributed by atoms with Gasteiger partial charge in [-0.3, -0.25) is 9.69 Å². The van der Waals surface area contributed by atoms with Crippen molar-refractivity contribution in [2.24, 2.45) is 0 Å². The zero-order valence-corrected chi connectivity index (χ0v) is 26.9. The summed E-state index contributed by atoms with van der Waals surface area (Å²) in [6.45, 7) is 10.6. The molecule has 0 atom stereocenters. The van der Waals surface area contributed by atoms with Gasteiger partial charge < -0.3 is 24.7 Å². The highest BCUT2D eigenvalue weighted by Crippen LogP contribution is 2.36. The number of benzene rings is 2. The average Bonchev–Trinajstić information content (AvgIpc) is 3.47. The van der Waals surface area contributed by atoms with Gasteiger partial charge in [0.05, 0.1) is 23.6 Å². The molecular weight excluding hydrogens is 563 g/mol. The number of hydrogen-bond acceptors (Lipinski definition) is 9. The maximum atomic E-state index is 12.7. The van der Waals surface area contributed by atoms with E-state index in [-0.39, 0.29) is 5.91 Å². The van der Waals surface area contributed by atoms with Crippen LogP contribution in [0.25, 0.3) is 11.3 Å². The van der Waals surface area contributed by atoms with E-state index < -0.39 is 0 Å². The summed E-state index contributed by atoms with van der Waals surface area (Å²) in [5.74, 6) is 0.000931. The Hall–Kier alpha value is -2.63. The molecule has 0 saturated carbocycles. The molecule has 1 amide bonds. The number of piperazine rings is 2. The van der Waals surface area contributed by atoms with Crippen LogP contribution in [-0.2, 0) is 11.2 Å². The predicted molar refractivity (Wildman–Crippen MR) is 179 cm³/mol. The lowest BCUT2D eigenvalue weighted by Crippen LogP contribution is -2.47. The van der Waals surface area contributed by atoms with Crippen molar-refractivity contribution < 1.29 is 4.79 Å². The van der Waals surface area contributed by atoms with Gasteiger partial charge in [0.2, 0.25) is 5.91 Å². The lowest BCUT2D eigenvalue weighted by Gasteiger charge is -2.35. The standard InChI is InChI=1S/C32H45N7OS2/c1-4-5-6-7-25-8-11-27(12-9-25)42-35-28-22-26(10-13-30(28)39-20-16-37(3)17-21-39)29-24-41-32(33-29)34-31(40)23-38-18-14-36(2)15-19-38/h8-13,22,24,35H,4-7,14-21,23H2,1-3H3,(H,33,34,40). The van der Waals surface area contributed by atoms with Gasteiger partial charge >= 0.3 is 0 Å². The Balaban J connectivity index is 1.26. The highest BCUT2D eigenvalue weighted by atomic mass is 32.2. The van der Waals surface area contributed by atoms with Crippen LogP contribution in [0, 0.1) is 0 Å². The summed E-state index contributed by atoms with van der Waals surface area (Å²) in [7, 11) is 4.31. The molecule has 0 aliphatic carbocycles. The zero-order chi connectivity index (χ0) is 29.3. The number of aromatic nitrogens is 1. The van der Waals surface area contributed by atoms with E-state index in [1.165, 1.54) is 46.7 Å². The van der Waals surface area contributed by atoms with Gasteiger partial charge in [-0.2, -0.15) is 0 Å². The first-order valence-electron chi connectivity index (χ1n) is 15.2. The maximum Gasteiger partial charge on any atom is 0.240 e. The van der Waals surface area contributed by atoms with Crippen molar-refractivity contribution in [3.63, 3.8) is 0 Å². The van der Waals surface area contributed by atoms with Crippen molar-refractivity contribution in [2.75, 3.05) is 87.9 Å². The van der Waals surface area contributed by atoms with E-state index in [0.29, 0.717) is 11.7 Å². The van der Waals surface area contributed by atoms with Gasteiger partial charge in [0.15, 0.2) is 5.13 Å². The van der Waals surface area contributed by atoms with E-state index in [0.717, 1.165) is 75.7 Å². The number of nitrogens with zero attached hydrogens (tertiary/aromatic N) is 5. The van der Waals surface area contributed by atoms with E-state index in [1.807, 2.05) is 5.38 Å². The summed E-state index contributed by atoms with van der Waals surface area (Å²) >= 11 is 3.13. The summed E-state index contributed by atoms with van der Waals surface area (Å²) in [6, 6.07) is 15.5. The molecule has 0 unspecified atom stereocenters. The van der Waals surface area contributed by atoms with Crippen molar-refractivity contribution in [2.45, 2.75) is 37.5 Å². The van der Waals surface area contributed by atoms with Crippen molar-refractivity contribution in [1.29, 1.82) is 0 Å². The van der Waals surface area contributed by atoms with E-state index in [4.69, 9.17) is 4.98 Å². The average molecular weight is 608 g/mol. The molecule has 3 aromatic rings. The second kappa shape index (κ2) is 15.2. The van der Waals surface area contributed by atoms with Crippen LogP contribution in [0.2, 0.25) is 0 Å². The third-order valence-electron chi connectivity index (χ3n) is 8.12. The fraction of sp³-hybridized carbons (Fsp3) is 0.500. The number of aryl methyl sites for hydroxylation is 1. The van der Waals surface area contributed by atoms with Crippen LogP contribution in [0.5, 0.6) is 0 Å². The monoisotopic (exact) mass is 607 g/mol. The van der Waals surface area contributed by atoms with Gasteiger partial charge in [-0.25, -0.2) is 4.98 Å². The molecule has 2 fully saturated rings. The first kappa shape index (κ1) is 30.8. The molecule has 42 heavy (non-hydrogen) atoms. The Morgan fingerprint density at radius 3 is 2.36 bits per heavy atom. The molecule has 5 rings (SSSR count). The number of thiazole rings is 1. The Kier molecular flexibility index (Phi) is 11.2. The number of rotatable bonds is 12. The third kappa shape index (κ3) is 8.70. The summed E-state index contributed by atoms with van der Waals surface area (Å²) in [4.78, 5) is 28.0. The summed E-state index contributed by atoms with van der Waals surface area (Å²) in [5.41, 5.74) is 5.62. The number of nitrogens with one attached hydrogen (secondary N) is 2. The van der Waals surface area contributed by atoms with Crippen LogP contribution in [-0.4, -0.2) is 98.6 Å². The molecule has 2 aliphatic rings. The topological polar surface area (TPSA) is 67.0 Å². The lowest BCUT2D eigenvalue weighted by atomic mass is 10.1. The molecule has 8 nitrogen and oxygen atoms in total. The summed E-state index contributed by atoms with van der Waals surface area (Å²) in [6.07, 6.45) is 4.93. The number of unbranched alkanes of at least 4 members (excludes halogenated alkanes) is 2. The van der Waals surface area contributed by atoms with Crippen molar-refractivity contribution in [1.82, 2.24) is 19.7 Å². The molecule has 0 spiro atoms. The molecule has 2 N–H and O–H groups in total. The van der Waals surface area contributed by atoms with Crippen LogP contribution in [0.15, 0.2) is 52.7 Å². The Bertz CT molecular complexity index is 1280. The molecule has 2 aromatic carbocycles. The SMILES string of the molecule is CCCCCc1ccc(SNc2cc(-c3csc(NC(=O)CN4CCN(C)CC4)n3)ccc2N2CCN(C)CC2)cc1. The van der Waals surface area contributed by atoms with Gasteiger partial charge in [-0.15, -0.1) is 11.3 Å². The van der Waals surface area contributed by atoms with E-state index in [1.54, 1.807) is 11.9 Å². The second-order valence-corrected chi connectivity index (χ2v) is 13.2. The highest BCUT2D eigenvalue weighted by Gasteiger charge is 2.20. The molecule has 10 heteroatoms. The van der Waals surface area contributed by atoms with Gasteiger partial charge in [-0.05, 0) is 68.7 Å². The minimum Gasteiger partial charge on any atom is -0.367 e. The molecule has 0 radical (unpaired) electrons. The molecular formula is C32H45N7OS2. The van der Waals surface area contributed by atoms with Crippen LogP contribution in [0.4, 0.5) is 16.5 Å². The van der Waals surface area contributed by atoms with Crippen LogP contribution in [0.1, 0.15) is 31.7 Å². The second-order valence-electron chi connectivity index (χ2n) is 11.5. The molecule has 226 valence electrons. The van der Waals surface area contributed by atoms with Gasteiger partial charge in [0.1, 0.15) is 0 Å². The summed E-state index contributed by atoms with van der Waals surface area (Å²) in [5, 5.41) is 5.70. The molecule has 2 aliphatic heterocycles. The third-order valence-corrected chi connectivity index (χ3v) is 9.71. The largest absolute Gasteiger partial charge is 0.367 e. The van der Waals surface area contributed by atoms with Gasteiger partial charge in [0.25, 0.3) is 0 Å². The van der Waals surface area contributed by atoms with Crippen molar-refractivity contribution in [3.05, 3.63) is 53.4 Å². The smallest absolute Gasteiger partial charge is 0.240 e. The number of carbonyl (C=O) groups is 1. The summed E-state index contributed by atoms with van der Waals surface area (Å²) < 4.78 is 3.67. The van der Waals surface area contributed by atoms with E-state index in [9.17, 15) is 4.79 Å². The normalized spacial score (nSPS) is 17.0. The van der Waals surface area contributed by atoms with Crippen LogP contribution >= 0.6 is 23.3 Å². The number of carbonyl (C=O) groups excluding carboxylic acids is 1. The Morgan fingerprint density at radius 1 is 0.929 bits per heavy atom. The van der Waals surface area contributed by atoms with E-state index in [2.05, 4.69) is 93.1 Å². The van der Waals surface area contributed by atoms with Crippen molar-refractivity contribution >= 4 is 45.7 Å². The quantitative estimate of drug-likeness (QED) is 0.204. The zero-order valence-electron chi connectivity index (χ0n) is 25.3. The van der Waals surface area contributed by atoms with Gasteiger partial charge in [0, 0.05) is 68.2 Å². The Labute approximate surface area is 259 Å². The lowest BCUT2D eigenvalue weighted by molar-refractivity contribution is -0.117. The van der Waals surface area contributed by atoms with E-state index >= 15 is 0 Å².